The van der Waals surface area contributed by atoms with Gasteiger partial charge in [0.2, 0.25) is 0 Å². The molecule has 0 saturated heterocycles. The van der Waals surface area contributed by atoms with Gasteiger partial charge in [0.15, 0.2) is 0 Å². The topological polar surface area (TPSA) is 3.24 Å². The predicted octanol–water partition coefficient (Wildman–Crippen LogP) is 4.47. The summed E-state index contributed by atoms with van der Waals surface area (Å²) in [5, 5.41) is 1.02. The summed E-state index contributed by atoms with van der Waals surface area (Å²) in [6.07, 6.45) is 0. The van der Waals surface area contributed by atoms with Gasteiger partial charge >= 0.3 is 0 Å². The van der Waals surface area contributed by atoms with Gasteiger partial charge in [0.1, 0.15) is 0 Å². The number of fused-ring (bicyclic) bond motifs is 3. The number of hydrogen-bond donors (Lipinski definition) is 0. The molecule has 0 radical (unpaired) electrons. The maximum atomic E-state index is 3.58. The normalized spacial score (nSPS) is 13.6. The van der Waals surface area contributed by atoms with E-state index in [0.717, 1.165) is 18.4 Å². The standard InChI is InChI=1S/C17H18BrN/c1-2-19(12-11-18)17-15-9-5-3-7-13(15)14-8-4-6-10-16(14)17/h3-10,17H,2,11-12H2,1H3. The molecule has 0 bridgehead atoms. The van der Waals surface area contributed by atoms with Crippen molar-refractivity contribution in [3.05, 3.63) is 59.7 Å². The third-order valence-corrected chi connectivity index (χ3v) is 4.30. The highest BCUT2D eigenvalue weighted by molar-refractivity contribution is 9.09. The molecule has 2 aromatic carbocycles. The van der Waals surface area contributed by atoms with Gasteiger partial charge in [0.05, 0.1) is 6.04 Å². The van der Waals surface area contributed by atoms with Gasteiger partial charge in [0.25, 0.3) is 0 Å². The van der Waals surface area contributed by atoms with E-state index in [0.29, 0.717) is 6.04 Å². The summed E-state index contributed by atoms with van der Waals surface area (Å²) in [7, 11) is 0. The van der Waals surface area contributed by atoms with E-state index in [-0.39, 0.29) is 0 Å². The van der Waals surface area contributed by atoms with Crippen LogP contribution < -0.4 is 0 Å². The number of hydrogen-bond acceptors (Lipinski definition) is 1. The molecule has 1 aliphatic carbocycles. The highest BCUT2D eigenvalue weighted by Gasteiger charge is 2.31. The molecule has 0 N–H and O–H groups in total. The molecule has 1 nitrogen and oxygen atoms in total. The van der Waals surface area contributed by atoms with Crippen LogP contribution in [0.2, 0.25) is 0 Å². The fourth-order valence-corrected chi connectivity index (χ4v) is 3.56. The third-order valence-electron chi connectivity index (χ3n) is 3.94. The summed E-state index contributed by atoms with van der Waals surface area (Å²) >= 11 is 3.58. The third kappa shape index (κ3) is 2.13. The quantitative estimate of drug-likeness (QED) is 0.752. The van der Waals surface area contributed by atoms with Gasteiger partial charge in [-0.2, -0.15) is 0 Å². The zero-order valence-corrected chi connectivity index (χ0v) is 12.7. The second-order valence-electron chi connectivity index (χ2n) is 4.89. The number of alkyl halides is 1. The Bertz CT molecular complexity index is 533. The smallest absolute Gasteiger partial charge is 0.0614 e. The molecule has 0 spiro atoms. The van der Waals surface area contributed by atoms with Crippen LogP contribution >= 0.6 is 15.9 Å². The molecule has 0 amide bonds. The average molecular weight is 316 g/mol. The first kappa shape index (κ1) is 12.9. The van der Waals surface area contributed by atoms with Crippen LogP contribution in [0.25, 0.3) is 11.1 Å². The maximum absolute atomic E-state index is 3.58. The van der Waals surface area contributed by atoms with Crippen molar-refractivity contribution in [2.75, 3.05) is 18.4 Å². The van der Waals surface area contributed by atoms with E-state index in [4.69, 9.17) is 0 Å². The molecule has 0 aromatic heterocycles. The van der Waals surface area contributed by atoms with Gasteiger partial charge in [-0.15, -0.1) is 0 Å². The lowest BCUT2D eigenvalue weighted by molar-refractivity contribution is 0.257. The van der Waals surface area contributed by atoms with Crippen LogP contribution in [-0.2, 0) is 0 Å². The van der Waals surface area contributed by atoms with Crippen molar-refractivity contribution < 1.29 is 0 Å². The fraction of sp³-hybridized carbons (Fsp3) is 0.294. The van der Waals surface area contributed by atoms with Gasteiger partial charge in [-0.25, -0.2) is 0 Å². The zero-order chi connectivity index (χ0) is 13.2. The Balaban J connectivity index is 2.14. The Labute approximate surface area is 123 Å². The molecule has 0 saturated carbocycles. The van der Waals surface area contributed by atoms with E-state index < -0.39 is 0 Å². The van der Waals surface area contributed by atoms with E-state index in [1.807, 2.05) is 0 Å². The molecule has 0 heterocycles. The summed E-state index contributed by atoms with van der Waals surface area (Å²) in [6.45, 7) is 4.38. The summed E-state index contributed by atoms with van der Waals surface area (Å²) in [5.41, 5.74) is 5.70. The molecule has 98 valence electrons. The highest BCUT2D eigenvalue weighted by Crippen LogP contribution is 2.45. The minimum absolute atomic E-state index is 0.412. The lowest BCUT2D eigenvalue weighted by Gasteiger charge is -2.28. The van der Waals surface area contributed by atoms with Crippen LogP contribution in [0.1, 0.15) is 24.1 Å². The van der Waals surface area contributed by atoms with Crippen LogP contribution in [0, 0.1) is 0 Å². The van der Waals surface area contributed by atoms with Crippen molar-refractivity contribution in [2.24, 2.45) is 0 Å². The molecule has 19 heavy (non-hydrogen) atoms. The maximum Gasteiger partial charge on any atom is 0.0614 e. The molecule has 1 aliphatic rings. The van der Waals surface area contributed by atoms with E-state index >= 15 is 0 Å². The van der Waals surface area contributed by atoms with Crippen molar-refractivity contribution in [1.29, 1.82) is 0 Å². The van der Waals surface area contributed by atoms with Crippen LogP contribution in [-0.4, -0.2) is 23.3 Å². The highest BCUT2D eigenvalue weighted by atomic mass is 79.9. The number of nitrogens with zero attached hydrogens (tertiary/aromatic N) is 1. The van der Waals surface area contributed by atoms with Crippen LogP contribution in [0.5, 0.6) is 0 Å². The summed E-state index contributed by atoms with van der Waals surface area (Å²) in [6, 6.07) is 18.0. The van der Waals surface area contributed by atoms with Crippen molar-refractivity contribution in [3.63, 3.8) is 0 Å². The van der Waals surface area contributed by atoms with Gasteiger partial charge in [-0.1, -0.05) is 71.4 Å². The summed E-state index contributed by atoms with van der Waals surface area (Å²) in [5.74, 6) is 0. The predicted molar refractivity (Wildman–Crippen MR) is 84.8 cm³/mol. The molecule has 0 unspecified atom stereocenters. The largest absolute Gasteiger partial charge is 0.292 e. The zero-order valence-electron chi connectivity index (χ0n) is 11.1. The van der Waals surface area contributed by atoms with Gasteiger partial charge in [-0.3, -0.25) is 4.90 Å². The molecule has 3 rings (SSSR count). The van der Waals surface area contributed by atoms with Crippen molar-refractivity contribution >= 4 is 15.9 Å². The van der Waals surface area contributed by atoms with Gasteiger partial charge in [-0.05, 0) is 28.8 Å². The van der Waals surface area contributed by atoms with Gasteiger partial charge in [0, 0.05) is 11.9 Å². The van der Waals surface area contributed by atoms with Crippen LogP contribution in [0.3, 0.4) is 0 Å². The Morgan fingerprint density at radius 1 is 0.947 bits per heavy atom. The Morgan fingerprint density at radius 2 is 1.47 bits per heavy atom. The first-order valence-electron chi connectivity index (χ1n) is 6.85. The van der Waals surface area contributed by atoms with E-state index in [1.165, 1.54) is 22.3 Å². The second-order valence-corrected chi connectivity index (χ2v) is 5.69. The van der Waals surface area contributed by atoms with Crippen LogP contribution in [0.15, 0.2) is 48.5 Å². The molecule has 0 aliphatic heterocycles. The minimum Gasteiger partial charge on any atom is -0.292 e. The second kappa shape index (κ2) is 5.48. The summed E-state index contributed by atoms with van der Waals surface area (Å²) in [4.78, 5) is 2.54. The van der Waals surface area contributed by atoms with Crippen molar-refractivity contribution in [3.8, 4) is 11.1 Å². The fourth-order valence-electron chi connectivity index (χ4n) is 3.10. The Hall–Kier alpha value is -1.12. The lowest BCUT2D eigenvalue weighted by atomic mass is 10.0. The molecular formula is C17H18BrN. The van der Waals surface area contributed by atoms with E-state index in [1.54, 1.807) is 0 Å². The van der Waals surface area contributed by atoms with E-state index in [2.05, 4.69) is 76.3 Å². The molecule has 2 aromatic rings. The van der Waals surface area contributed by atoms with Crippen molar-refractivity contribution in [2.45, 2.75) is 13.0 Å². The molecular weight excluding hydrogens is 298 g/mol. The number of halogens is 1. The Morgan fingerprint density at radius 3 is 1.95 bits per heavy atom. The van der Waals surface area contributed by atoms with E-state index in [9.17, 15) is 0 Å². The average Bonchev–Trinajstić information content (AvgIpc) is 2.80. The Kier molecular flexibility index (Phi) is 3.72. The molecule has 2 heteroatoms. The monoisotopic (exact) mass is 315 g/mol. The van der Waals surface area contributed by atoms with Gasteiger partial charge < -0.3 is 0 Å². The lowest BCUT2D eigenvalue weighted by Crippen LogP contribution is -2.30. The summed E-state index contributed by atoms with van der Waals surface area (Å²) < 4.78 is 0. The first-order valence-corrected chi connectivity index (χ1v) is 7.97. The first-order chi connectivity index (χ1) is 9.36. The molecule has 0 atom stereocenters. The number of benzene rings is 2. The van der Waals surface area contributed by atoms with Crippen molar-refractivity contribution in [1.82, 2.24) is 4.90 Å². The minimum atomic E-state index is 0.412. The number of rotatable bonds is 4. The molecule has 0 fully saturated rings. The van der Waals surface area contributed by atoms with Crippen LogP contribution in [0.4, 0.5) is 0 Å². The SMILES string of the molecule is CCN(CCBr)C1c2ccccc2-c2ccccc21.